The Kier molecular flexibility index (Phi) is 6.27. The van der Waals surface area contributed by atoms with Crippen LogP contribution in [0.2, 0.25) is 0 Å². The first-order valence-electron chi connectivity index (χ1n) is 8.30. The van der Waals surface area contributed by atoms with Crippen LogP contribution < -0.4 is 0 Å². The van der Waals surface area contributed by atoms with E-state index in [1.807, 2.05) is 0 Å². The van der Waals surface area contributed by atoms with Crippen molar-refractivity contribution in [2.75, 3.05) is 0 Å². The number of hydrogen-bond acceptors (Lipinski definition) is 4. The summed E-state index contributed by atoms with van der Waals surface area (Å²) >= 11 is 0. The second-order valence-corrected chi connectivity index (χ2v) is 6.79. The molecule has 2 rings (SSSR count). The van der Waals surface area contributed by atoms with Crippen molar-refractivity contribution >= 4 is 0 Å². The molecular formula is C16H30O4. The minimum Gasteiger partial charge on any atom is -0.393 e. The molecule has 0 heterocycles. The van der Waals surface area contributed by atoms with Crippen molar-refractivity contribution in [1.29, 1.82) is 0 Å². The molecular weight excluding hydrogens is 256 g/mol. The highest BCUT2D eigenvalue weighted by molar-refractivity contribution is 4.86. The van der Waals surface area contributed by atoms with E-state index in [1.54, 1.807) is 0 Å². The van der Waals surface area contributed by atoms with Crippen LogP contribution in [0.1, 0.15) is 64.2 Å². The number of hydrogen-bond donors (Lipinski definition) is 4. The smallest absolute Gasteiger partial charge is 0.0572 e. The summed E-state index contributed by atoms with van der Waals surface area (Å²) < 4.78 is 0. The van der Waals surface area contributed by atoms with Crippen molar-refractivity contribution in [3.63, 3.8) is 0 Å². The summed E-state index contributed by atoms with van der Waals surface area (Å²) in [5.74, 6) is 0.121. The fraction of sp³-hybridized carbons (Fsp3) is 1.00. The van der Waals surface area contributed by atoms with Gasteiger partial charge in [-0.2, -0.15) is 0 Å². The lowest BCUT2D eigenvalue weighted by Crippen LogP contribution is -2.38. The van der Waals surface area contributed by atoms with Gasteiger partial charge in [-0.1, -0.05) is 0 Å². The average Bonchev–Trinajstić information content (AvgIpc) is 2.38. The molecule has 4 nitrogen and oxygen atoms in total. The van der Waals surface area contributed by atoms with E-state index in [0.717, 1.165) is 38.5 Å². The zero-order valence-corrected chi connectivity index (χ0v) is 12.3. The van der Waals surface area contributed by atoms with E-state index >= 15 is 0 Å². The molecule has 0 aromatic heterocycles. The monoisotopic (exact) mass is 286 g/mol. The topological polar surface area (TPSA) is 80.9 Å². The number of aliphatic hydroxyl groups is 4. The molecule has 0 amide bonds. The Labute approximate surface area is 121 Å². The molecule has 118 valence electrons. The summed E-state index contributed by atoms with van der Waals surface area (Å²) in [4.78, 5) is 0. The van der Waals surface area contributed by atoms with Gasteiger partial charge in [0.25, 0.3) is 0 Å². The third-order valence-corrected chi connectivity index (χ3v) is 5.28. The second-order valence-electron chi connectivity index (χ2n) is 6.79. The molecule has 20 heavy (non-hydrogen) atoms. The van der Waals surface area contributed by atoms with Gasteiger partial charge in [-0.25, -0.2) is 0 Å². The molecule has 4 N–H and O–H groups in total. The molecule has 0 saturated heterocycles. The summed E-state index contributed by atoms with van der Waals surface area (Å²) in [5, 5.41) is 40.5. The Morgan fingerprint density at radius 3 is 1.25 bits per heavy atom. The predicted octanol–water partition coefficient (Wildman–Crippen LogP) is 1.59. The van der Waals surface area contributed by atoms with Gasteiger partial charge in [-0.15, -0.1) is 0 Å². The van der Waals surface area contributed by atoms with E-state index in [-0.39, 0.29) is 36.3 Å². The molecule has 0 radical (unpaired) electrons. The van der Waals surface area contributed by atoms with Gasteiger partial charge in [0.2, 0.25) is 0 Å². The van der Waals surface area contributed by atoms with Crippen LogP contribution >= 0.6 is 0 Å². The van der Waals surface area contributed by atoms with E-state index in [4.69, 9.17) is 0 Å². The molecule has 2 fully saturated rings. The second kappa shape index (κ2) is 7.74. The van der Waals surface area contributed by atoms with Gasteiger partial charge >= 0.3 is 0 Å². The Bertz CT molecular complexity index is 256. The fourth-order valence-corrected chi connectivity index (χ4v) is 4.00. The molecule has 2 aliphatic rings. The highest BCUT2D eigenvalue weighted by Gasteiger charge is 2.35. The predicted molar refractivity (Wildman–Crippen MR) is 77.2 cm³/mol. The van der Waals surface area contributed by atoms with Crippen molar-refractivity contribution in [3.05, 3.63) is 0 Å². The van der Waals surface area contributed by atoms with Crippen molar-refractivity contribution in [2.45, 2.75) is 88.6 Å². The average molecular weight is 286 g/mol. The SMILES string of the molecule is OC1CCCC(O)C(C2CCC(O)CCCC2O)CC1. The lowest BCUT2D eigenvalue weighted by molar-refractivity contribution is -0.0338. The van der Waals surface area contributed by atoms with Crippen molar-refractivity contribution < 1.29 is 20.4 Å². The minimum absolute atomic E-state index is 0.0604. The number of rotatable bonds is 1. The summed E-state index contributed by atoms with van der Waals surface area (Å²) in [6, 6.07) is 0. The molecule has 0 bridgehead atoms. The Balaban J connectivity index is 2.03. The Hall–Kier alpha value is -0.160. The van der Waals surface area contributed by atoms with Gasteiger partial charge in [0, 0.05) is 0 Å². The van der Waals surface area contributed by atoms with Crippen LogP contribution in [-0.4, -0.2) is 44.8 Å². The van der Waals surface area contributed by atoms with E-state index < -0.39 is 0 Å². The summed E-state index contributed by atoms with van der Waals surface area (Å²) in [6.45, 7) is 0. The number of aliphatic hydroxyl groups excluding tert-OH is 4. The van der Waals surface area contributed by atoms with Crippen LogP contribution in [0.3, 0.4) is 0 Å². The van der Waals surface area contributed by atoms with Crippen molar-refractivity contribution in [3.8, 4) is 0 Å². The molecule has 0 spiro atoms. The van der Waals surface area contributed by atoms with E-state index in [9.17, 15) is 20.4 Å². The molecule has 0 aliphatic heterocycles. The van der Waals surface area contributed by atoms with Crippen molar-refractivity contribution in [1.82, 2.24) is 0 Å². The zero-order valence-electron chi connectivity index (χ0n) is 12.3. The summed E-state index contributed by atoms with van der Waals surface area (Å²) in [5.41, 5.74) is 0. The zero-order chi connectivity index (χ0) is 14.5. The van der Waals surface area contributed by atoms with Crippen LogP contribution in [0, 0.1) is 11.8 Å². The van der Waals surface area contributed by atoms with Gasteiger partial charge < -0.3 is 20.4 Å². The first kappa shape index (κ1) is 16.2. The van der Waals surface area contributed by atoms with Gasteiger partial charge in [0.15, 0.2) is 0 Å². The first-order chi connectivity index (χ1) is 9.58. The van der Waals surface area contributed by atoms with Crippen LogP contribution in [0.5, 0.6) is 0 Å². The van der Waals surface area contributed by atoms with E-state index in [0.29, 0.717) is 25.7 Å². The Morgan fingerprint density at radius 2 is 0.850 bits per heavy atom. The minimum atomic E-state index is -0.376. The highest BCUT2D eigenvalue weighted by atomic mass is 16.3. The molecule has 0 aromatic rings. The maximum absolute atomic E-state index is 10.4. The molecule has 4 heteroatoms. The van der Waals surface area contributed by atoms with Crippen LogP contribution in [-0.2, 0) is 0 Å². The first-order valence-corrected chi connectivity index (χ1v) is 8.30. The quantitative estimate of drug-likeness (QED) is 0.590. The molecule has 0 aromatic carbocycles. The van der Waals surface area contributed by atoms with Gasteiger partial charge in [-0.3, -0.25) is 0 Å². The Morgan fingerprint density at radius 1 is 0.450 bits per heavy atom. The standard InChI is InChI=1S/C16H30O4/c17-11-3-1-5-15(19)13(9-7-11)14-10-8-12(18)4-2-6-16(14)20/h11-20H,1-10H2. The van der Waals surface area contributed by atoms with E-state index in [1.165, 1.54) is 0 Å². The summed E-state index contributed by atoms with van der Waals surface area (Å²) in [7, 11) is 0. The molecule has 6 unspecified atom stereocenters. The lowest BCUT2D eigenvalue weighted by atomic mass is 9.72. The maximum atomic E-state index is 10.4. The fourth-order valence-electron chi connectivity index (χ4n) is 4.00. The normalized spacial score (nSPS) is 45.0. The third kappa shape index (κ3) is 4.42. The van der Waals surface area contributed by atoms with Gasteiger partial charge in [-0.05, 0) is 76.0 Å². The van der Waals surface area contributed by atoms with Crippen LogP contribution in [0.25, 0.3) is 0 Å². The lowest BCUT2D eigenvalue weighted by Gasteiger charge is -2.37. The van der Waals surface area contributed by atoms with Gasteiger partial charge in [0.05, 0.1) is 24.4 Å². The van der Waals surface area contributed by atoms with Crippen molar-refractivity contribution in [2.24, 2.45) is 11.8 Å². The molecule has 2 aliphatic carbocycles. The highest BCUT2D eigenvalue weighted by Crippen LogP contribution is 2.36. The van der Waals surface area contributed by atoms with Crippen LogP contribution in [0.4, 0.5) is 0 Å². The van der Waals surface area contributed by atoms with E-state index in [2.05, 4.69) is 0 Å². The van der Waals surface area contributed by atoms with Gasteiger partial charge in [0.1, 0.15) is 0 Å². The van der Waals surface area contributed by atoms with Crippen LogP contribution in [0.15, 0.2) is 0 Å². The molecule has 6 atom stereocenters. The third-order valence-electron chi connectivity index (χ3n) is 5.28. The summed E-state index contributed by atoms with van der Waals surface area (Å²) in [6.07, 6.45) is 6.39. The molecule has 2 saturated carbocycles. The maximum Gasteiger partial charge on any atom is 0.0572 e. The largest absolute Gasteiger partial charge is 0.393 e.